The number of rotatable bonds is 4. The average molecular weight is 420 g/mol. The molecule has 0 bridgehead atoms. The van der Waals surface area contributed by atoms with E-state index in [0.29, 0.717) is 5.13 Å². The zero-order valence-corrected chi connectivity index (χ0v) is 19.5. The monoisotopic (exact) mass is 419 g/mol. The molecule has 4 aromatic rings. The predicted molar refractivity (Wildman–Crippen MR) is 113 cm³/mol. The maximum atomic E-state index is 5.16. The van der Waals surface area contributed by atoms with E-state index in [9.17, 15) is 0 Å². The Hall–Kier alpha value is -1.16. The van der Waals surface area contributed by atoms with Gasteiger partial charge in [-0.05, 0) is 42.5 Å². The van der Waals surface area contributed by atoms with Crippen LogP contribution in [0.1, 0.15) is 0 Å². The summed E-state index contributed by atoms with van der Waals surface area (Å²) in [7, 11) is 5.24. The number of benzene rings is 2. The third kappa shape index (κ3) is 4.31. The van der Waals surface area contributed by atoms with Gasteiger partial charge in [-0.1, -0.05) is 11.3 Å². The van der Waals surface area contributed by atoms with E-state index in [1.807, 2.05) is 55.4 Å². The van der Waals surface area contributed by atoms with Crippen LogP contribution in [-0.2, 0) is 11.7 Å². The van der Waals surface area contributed by atoms with Gasteiger partial charge in [0.15, 0.2) is 0 Å². The summed E-state index contributed by atoms with van der Waals surface area (Å²) in [6.45, 7) is 0. The molecule has 0 N–H and O–H groups in total. The van der Waals surface area contributed by atoms with Crippen molar-refractivity contribution in [3.8, 4) is 0 Å². The van der Waals surface area contributed by atoms with Crippen molar-refractivity contribution in [1.82, 2.24) is 9.97 Å². The molecule has 0 amide bonds. The largest absolute Gasteiger partial charge is 1.00 e. The summed E-state index contributed by atoms with van der Waals surface area (Å²) in [5.41, 5.74) is 3.69. The van der Waals surface area contributed by atoms with Gasteiger partial charge in [-0.3, -0.25) is 15.8 Å². The third-order valence-electron chi connectivity index (χ3n) is 3.92. The summed E-state index contributed by atoms with van der Waals surface area (Å²) in [4.78, 5) is 11.9. The summed E-state index contributed by atoms with van der Waals surface area (Å²) >= 11 is 6.68. The Labute approximate surface area is 192 Å². The maximum absolute atomic E-state index is 5.16. The Kier molecular flexibility index (Phi) is 6.78. The van der Waals surface area contributed by atoms with Gasteiger partial charge in [-0.15, -0.1) is 10.2 Å². The molecule has 2 heterocycles. The van der Waals surface area contributed by atoms with Gasteiger partial charge >= 0.3 is 29.6 Å². The fourth-order valence-electron chi connectivity index (χ4n) is 2.60. The minimum Gasteiger partial charge on any atom is -0.714 e. The normalized spacial score (nSPS) is 11.2. The van der Waals surface area contributed by atoms with Crippen LogP contribution in [0.2, 0.25) is 0 Å². The molecule has 0 saturated carbocycles. The fraction of sp³-hybridized carbons (Fsp3) is 0.111. The zero-order chi connectivity index (χ0) is 18.1. The van der Waals surface area contributed by atoms with Crippen molar-refractivity contribution in [3.63, 3.8) is 0 Å². The third-order valence-corrected chi connectivity index (χ3v) is 5.95. The topological polar surface area (TPSA) is 53.7 Å². The first-order valence-electron chi connectivity index (χ1n) is 7.83. The molecule has 0 aliphatic carbocycles. The predicted octanol–water partition coefficient (Wildman–Crippen LogP) is 2.88. The number of hydrogen-bond donors (Lipinski definition) is 0. The van der Waals surface area contributed by atoms with Crippen molar-refractivity contribution in [2.24, 2.45) is 10.2 Å². The molecule has 5 nitrogen and oxygen atoms in total. The smallest absolute Gasteiger partial charge is 0.714 e. The first kappa shape index (κ1) is 20.6. The molecule has 9 heteroatoms. The number of fused-ring (bicyclic) bond motifs is 3. The maximum Gasteiger partial charge on any atom is 1.00 e. The minimum atomic E-state index is 0. The Morgan fingerprint density at radius 2 is 1.89 bits per heavy atom. The fourth-order valence-corrected chi connectivity index (χ4v) is 4.27. The SMILES string of the molecule is CN(C)c1ccc(N=Nc2nc3ccc4ncccc4c3s2)c(S[S-])c1.[Na+]. The summed E-state index contributed by atoms with van der Waals surface area (Å²) in [5, 5.41) is 10.4. The van der Waals surface area contributed by atoms with Crippen molar-refractivity contribution < 1.29 is 29.6 Å². The quantitative estimate of drug-likeness (QED) is 0.220. The molecular weight excluding hydrogens is 405 g/mol. The number of aromatic nitrogens is 2. The first-order valence-corrected chi connectivity index (χ1v) is 10.4. The molecular formula is C18H14N5NaS3. The molecule has 0 fully saturated rings. The van der Waals surface area contributed by atoms with E-state index in [0.717, 1.165) is 37.4 Å². The van der Waals surface area contributed by atoms with Gasteiger partial charge in [0, 0.05) is 36.3 Å². The van der Waals surface area contributed by atoms with Crippen LogP contribution in [0.4, 0.5) is 16.5 Å². The van der Waals surface area contributed by atoms with Crippen LogP contribution in [0.25, 0.3) is 21.1 Å². The van der Waals surface area contributed by atoms with E-state index in [4.69, 9.17) is 11.7 Å². The number of azo groups is 1. The molecule has 0 spiro atoms. The van der Waals surface area contributed by atoms with Crippen LogP contribution in [0.5, 0.6) is 0 Å². The zero-order valence-electron chi connectivity index (χ0n) is 15.1. The molecule has 4 rings (SSSR count). The average Bonchev–Trinajstić information content (AvgIpc) is 3.09. The summed E-state index contributed by atoms with van der Waals surface area (Å²) in [6, 6.07) is 13.9. The van der Waals surface area contributed by atoms with E-state index < -0.39 is 0 Å². The van der Waals surface area contributed by atoms with Gasteiger partial charge in [0.05, 0.1) is 21.4 Å². The molecule has 0 atom stereocenters. The van der Waals surface area contributed by atoms with E-state index in [1.54, 1.807) is 6.20 Å². The Morgan fingerprint density at radius 3 is 2.67 bits per heavy atom. The molecule has 0 radical (unpaired) electrons. The van der Waals surface area contributed by atoms with Crippen LogP contribution in [0.15, 0.2) is 63.8 Å². The van der Waals surface area contributed by atoms with Crippen molar-refractivity contribution >= 4 is 71.4 Å². The van der Waals surface area contributed by atoms with Gasteiger partial charge in [-0.2, -0.15) is 0 Å². The Balaban J connectivity index is 0.00000210. The van der Waals surface area contributed by atoms with Crippen LogP contribution in [0, 0.1) is 0 Å². The first-order chi connectivity index (χ1) is 12.7. The second-order valence-electron chi connectivity index (χ2n) is 5.81. The van der Waals surface area contributed by atoms with Crippen molar-refractivity contribution in [2.75, 3.05) is 19.0 Å². The van der Waals surface area contributed by atoms with Crippen LogP contribution < -0.4 is 34.5 Å². The molecule has 130 valence electrons. The summed E-state index contributed by atoms with van der Waals surface area (Å²) < 4.78 is 1.07. The number of pyridine rings is 1. The summed E-state index contributed by atoms with van der Waals surface area (Å²) in [6.07, 6.45) is 1.79. The molecule has 2 aromatic carbocycles. The molecule has 0 saturated heterocycles. The molecule has 27 heavy (non-hydrogen) atoms. The number of anilines is 1. The van der Waals surface area contributed by atoms with Crippen molar-refractivity contribution in [2.45, 2.75) is 4.90 Å². The van der Waals surface area contributed by atoms with Gasteiger partial charge < -0.3 is 16.6 Å². The summed E-state index contributed by atoms with van der Waals surface area (Å²) in [5.74, 6) is 0. The second-order valence-corrected chi connectivity index (χ2v) is 7.89. The van der Waals surface area contributed by atoms with E-state index >= 15 is 0 Å². The van der Waals surface area contributed by atoms with Crippen LogP contribution in [-0.4, -0.2) is 24.1 Å². The van der Waals surface area contributed by atoms with Crippen molar-refractivity contribution in [1.29, 1.82) is 0 Å². The molecule has 2 aromatic heterocycles. The van der Waals surface area contributed by atoms with Crippen LogP contribution in [0.3, 0.4) is 0 Å². The van der Waals surface area contributed by atoms with Gasteiger partial charge in [0.1, 0.15) is 0 Å². The van der Waals surface area contributed by atoms with E-state index in [2.05, 4.69) is 26.3 Å². The number of thiazole rings is 1. The van der Waals surface area contributed by atoms with Crippen molar-refractivity contribution in [3.05, 3.63) is 48.7 Å². The van der Waals surface area contributed by atoms with Gasteiger partial charge in [-0.25, -0.2) is 4.98 Å². The van der Waals surface area contributed by atoms with Crippen LogP contribution >= 0.6 is 22.1 Å². The van der Waals surface area contributed by atoms with E-state index in [1.165, 1.54) is 22.1 Å². The second kappa shape index (κ2) is 8.89. The van der Waals surface area contributed by atoms with Gasteiger partial charge in [0.2, 0.25) is 5.13 Å². The standard InChI is InChI=1S/C18H15N5S3.Na/c1-23(2)11-5-6-14(16(10-11)26-24)21-22-18-20-15-8-7-13-12(17(15)25-18)4-3-9-19-13;/h3-10,24H,1-2H3;/q;+1/p-1. The molecule has 0 aliphatic rings. The Morgan fingerprint density at radius 1 is 1.07 bits per heavy atom. The Bertz CT molecular complexity index is 1130. The molecule has 0 unspecified atom stereocenters. The minimum absolute atomic E-state index is 0. The van der Waals surface area contributed by atoms with E-state index in [-0.39, 0.29) is 29.6 Å². The number of hydrogen-bond acceptors (Lipinski definition) is 8. The molecule has 0 aliphatic heterocycles. The van der Waals surface area contributed by atoms with Gasteiger partial charge in [0.25, 0.3) is 0 Å². The number of nitrogens with zero attached hydrogens (tertiary/aromatic N) is 5.